The van der Waals surface area contributed by atoms with Crippen molar-refractivity contribution >= 4 is 46.1 Å². The Kier molecular flexibility index (Phi) is 16.6. The minimum absolute atomic E-state index is 0.118. The number of ether oxygens (including phenoxy) is 4. The lowest BCUT2D eigenvalue weighted by molar-refractivity contribution is -0.133. The summed E-state index contributed by atoms with van der Waals surface area (Å²) in [7, 11) is 2.54. The Morgan fingerprint density at radius 2 is 1.16 bits per heavy atom. The average molecular weight is 929 g/mol. The zero-order valence-corrected chi connectivity index (χ0v) is 38.7. The molecule has 358 valence electrons. The number of methoxy groups -OCH3 is 2. The van der Waals surface area contributed by atoms with E-state index in [9.17, 15) is 19.2 Å². The molecule has 11 rings (SSSR count). The number of piperidine rings is 2. The minimum atomic E-state index is -0.640. The Balaban J connectivity index is 0.000000368. The molecule has 68 heavy (non-hydrogen) atoms. The van der Waals surface area contributed by atoms with Crippen molar-refractivity contribution in [2.24, 2.45) is 11.8 Å². The highest BCUT2D eigenvalue weighted by atomic mass is 16.5. The lowest BCUT2D eigenvalue weighted by Crippen LogP contribution is -2.41. The van der Waals surface area contributed by atoms with Gasteiger partial charge in [0.05, 0.1) is 66.5 Å². The topological polar surface area (TPSA) is 219 Å². The van der Waals surface area contributed by atoms with Gasteiger partial charge in [0.15, 0.2) is 0 Å². The van der Waals surface area contributed by atoms with Crippen LogP contribution in [0.25, 0.3) is 44.6 Å². The molecule has 4 aliphatic heterocycles. The van der Waals surface area contributed by atoms with Crippen molar-refractivity contribution < 1.29 is 38.1 Å². The molecule has 2 aliphatic carbocycles. The van der Waals surface area contributed by atoms with E-state index in [1.54, 1.807) is 12.4 Å². The number of nitrogens with zero attached hydrogens (tertiary/aromatic N) is 6. The minimum Gasteiger partial charge on any atom is -0.453 e. The van der Waals surface area contributed by atoms with E-state index >= 15 is 0 Å². The van der Waals surface area contributed by atoms with Gasteiger partial charge in [0.2, 0.25) is 11.8 Å². The molecule has 6 atom stereocenters. The normalized spacial score (nSPS) is 22.7. The fraction of sp³-hybridized carbons (Fsp3) is 0.480. The van der Waals surface area contributed by atoms with Crippen LogP contribution in [0.4, 0.5) is 9.59 Å². The molecule has 0 radical (unpaired) electrons. The van der Waals surface area contributed by atoms with Crippen LogP contribution in [-0.4, -0.2) is 130 Å². The Morgan fingerprint density at radius 3 is 1.68 bits per heavy atom. The third-order valence-electron chi connectivity index (χ3n) is 13.0. The van der Waals surface area contributed by atoms with Gasteiger partial charge in [-0.2, -0.15) is 0 Å². The average Bonchev–Trinajstić information content (AvgIpc) is 4.02. The number of aromatic amines is 2. The maximum absolute atomic E-state index is 13.1. The van der Waals surface area contributed by atoms with Crippen LogP contribution in [0.15, 0.2) is 48.8 Å². The second kappa shape index (κ2) is 23.1. The number of benzene rings is 2. The van der Waals surface area contributed by atoms with Crippen molar-refractivity contribution in [1.29, 1.82) is 0 Å². The van der Waals surface area contributed by atoms with Gasteiger partial charge in [-0.25, -0.2) is 24.5 Å². The lowest BCUT2D eigenvalue weighted by Gasteiger charge is -2.26. The number of aromatic nitrogens is 6. The quantitative estimate of drug-likeness (QED) is 0.123. The molecule has 6 aliphatic rings. The van der Waals surface area contributed by atoms with Gasteiger partial charge in [-0.3, -0.25) is 14.6 Å². The molecule has 0 spiro atoms. The van der Waals surface area contributed by atoms with E-state index < -0.39 is 12.2 Å². The van der Waals surface area contributed by atoms with Gasteiger partial charge in [0.25, 0.3) is 0 Å². The van der Waals surface area contributed by atoms with Crippen LogP contribution in [-0.2, 0) is 28.5 Å². The first-order valence-electron chi connectivity index (χ1n) is 23.2. The van der Waals surface area contributed by atoms with Crippen molar-refractivity contribution in [1.82, 2.24) is 50.3 Å². The van der Waals surface area contributed by atoms with Crippen LogP contribution in [0.5, 0.6) is 0 Å². The molecule has 2 saturated carbocycles. The number of nitrogens with one attached hydrogen (secondary N) is 4. The molecule has 18 heteroatoms. The largest absolute Gasteiger partial charge is 0.453 e. The van der Waals surface area contributed by atoms with Crippen LogP contribution < -0.4 is 10.6 Å². The van der Waals surface area contributed by atoms with E-state index in [2.05, 4.69) is 60.8 Å². The lowest BCUT2D eigenvalue weighted by atomic mass is 10.0. The Labute approximate surface area is 396 Å². The fourth-order valence-electron chi connectivity index (χ4n) is 9.44. The summed E-state index contributed by atoms with van der Waals surface area (Å²) < 4.78 is 19.4. The molecule has 18 nitrogen and oxygen atoms in total. The predicted octanol–water partition coefficient (Wildman–Crippen LogP) is 6.47. The summed E-state index contributed by atoms with van der Waals surface area (Å²) in [6, 6.07) is 11.9. The van der Waals surface area contributed by atoms with E-state index in [1.165, 1.54) is 52.7 Å². The number of H-pyrrole nitrogens is 2. The van der Waals surface area contributed by atoms with Crippen LogP contribution in [0.1, 0.15) is 87.9 Å². The van der Waals surface area contributed by atoms with Crippen molar-refractivity contribution in [2.45, 2.75) is 88.4 Å². The molecule has 7 heterocycles. The van der Waals surface area contributed by atoms with Crippen LogP contribution in [0.2, 0.25) is 0 Å². The van der Waals surface area contributed by atoms with E-state index in [0.717, 1.165) is 91.1 Å². The SMILES string of the molecule is C#C.C#C.C1CCOCC1.C1CCOCC1.COC(=O)NCC(=O)N1[C@@H]2C[C@@H]2C[C@H]1c1ncc(-c2cnc3cc(-c4ccc5nc([C@@H]6C[C@H]7C[C@H]7N6C(=O)CNC(=O)OC)[nH]c5c4)ccc3n2)[nH]1. The number of rotatable bonds is 8. The summed E-state index contributed by atoms with van der Waals surface area (Å²) in [6.07, 6.45) is 29.6. The second-order valence-electron chi connectivity index (χ2n) is 17.3. The Hall–Kier alpha value is -7.02. The first kappa shape index (κ1) is 48.9. The van der Waals surface area contributed by atoms with Gasteiger partial charge in [-0.15, -0.1) is 25.7 Å². The van der Waals surface area contributed by atoms with Gasteiger partial charge in [-0.1, -0.05) is 12.1 Å². The molecule has 0 unspecified atom stereocenters. The summed E-state index contributed by atoms with van der Waals surface area (Å²) in [4.78, 5) is 78.7. The van der Waals surface area contributed by atoms with Crippen LogP contribution >= 0.6 is 0 Å². The molecular formula is C50H60N10O8. The molecule has 0 bridgehead atoms. The standard InChI is InChI=1S/C36H36N10O6.2C5H10O.2C2H2/c1-51-35(49)39-15-31(47)45-27-9-19(27)11-29(45)33-38-14-26(44-33)25-13-37-23-7-17(3-5-21(23)41-25)18-4-6-22-24(8-18)43-34(42-22)30-12-20-10-28(20)46(30)32(48)16-40-36(50)52-2;2*1-2-4-6-5-3-1;2*1-2/h3-8,13-14,19-20,27-30H,9-12,15-16H2,1-2H3,(H,38,44)(H,39,49)(H,40,50)(H,42,43);2*1-5H2;2*1-2H/t19-,20-,27-,28-,29+,30+;;;;/m1..../s1. The third-order valence-corrected chi connectivity index (χ3v) is 13.0. The summed E-state index contributed by atoms with van der Waals surface area (Å²) in [5.74, 6) is 2.00. The zero-order valence-electron chi connectivity index (χ0n) is 38.7. The van der Waals surface area contributed by atoms with Crippen LogP contribution in [0.3, 0.4) is 0 Å². The number of hydrogen-bond donors (Lipinski definition) is 4. The van der Waals surface area contributed by atoms with E-state index in [0.29, 0.717) is 29.0 Å². The maximum atomic E-state index is 13.1. The molecular weight excluding hydrogens is 869 g/mol. The molecule has 4 N–H and O–H groups in total. The zero-order chi connectivity index (χ0) is 48.2. The molecule has 6 fully saturated rings. The highest BCUT2D eigenvalue weighted by Gasteiger charge is 2.56. The van der Waals surface area contributed by atoms with Gasteiger partial charge in [0, 0.05) is 38.5 Å². The number of hydrogen-bond acceptors (Lipinski definition) is 12. The van der Waals surface area contributed by atoms with Gasteiger partial charge in [0.1, 0.15) is 30.4 Å². The number of likely N-dealkylation sites (tertiary alicyclic amines) is 2. The highest BCUT2D eigenvalue weighted by molar-refractivity contribution is 5.88. The number of imidazole rings is 2. The number of fused-ring (bicyclic) bond motifs is 4. The molecule has 5 aromatic rings. The van der Waals surface area contributed by atoms with E-state index in [4.69, 9.17) is 24.4 Å². The molecule has 4 saturated heterocycles. The Morgan fingerprint density at radius 1 is 0.632 bits per heavy atom. The van der Waals surface area contributed by atoms with Crippen molar-refractivity contribution in [3.63, 3.8) is 0 Å². The summed E-state index contributed by atoms with van der Waals surface area (Å²) >= 11 is 0. The Bertz CT molecular complexity index is 2540. The summed E-state index contributed by atoms with van der Waals surface area (Å²) in [5.41, 5.74) is 6.42. The maximum Gasteiger partial charge on any atom is 0.407 e. The summed E-state index contributed by atoms with van der Waals surface area (Å²) in [6.45, 7) is 3.75. The second-order valence-corrected chi connectivity index (χ2v) is 17.3. The first-order valence-corrected chi connectivity index (χ1v) is 23.2. The number of terminal acetylenes is 2. The molecule has 4 amide bonds. The number of alkyl carbamates (subject to hydrolysis) is 2. The summed E-state index contributed by atoms with van der Waals surface area (Å²) in [5, 5.41) is 4.99. The third kappa shape index (κ3) is 11.6. The van der Waals surface area contributed by atoms with Crippen molar-refractivity contribution in [3.8, 4) is 48.2 Å². The van der Waals surface area contributed by atoms with Crippen molar-refractivity contribution in [2.75, 3.05) is 53.7 Å². The van der Waals surface area contributed by atoms with Gasteiger partial charge >= 0.3 is 12.2 Å². The number of carbonyl (C=O) groups excluding carboxylic acids is 4. The van der Waals surface area contributed by atoms with Gasteiger partial charge in [-0.05, 0) is 111 Å². The first-order chi connectivity index (χ1) is 33.3. The highest BCUT2D eigenvalue weighted by Crippen LogP contribution is 2.54. The van der Waals surface area contributed by atoms with Gasteiger partial charge < -0.3 is 49.3 Å². The van der Waals surface area contributed by atoms with Crippen molar-refractivity contribution in [3.05, 3.63) is 60.4 Å². The monoisotopic (exact) mass is 928 g/mol. The van der Waals surface area contributed by atoms with Crippen LogP contribution in [0, 0.1) is 37.5 Å². The number of amides is 4. The smallest absolute Gasteiger partial charge is 0.407 e. The van der Waals surface area contributed by atoms with E-state index in [1.807, 2.05) is 46.2 Å². The molecule has 2 aromatic carbocycles. The number of carbonyl (C=O) groups is 4. The fourth-order valence-corrected chi connectivity index (χ4v) is 9.44. The predicted molar refractivity (Wildman–Crippen MR) is 254 cm³/mol. The van der Waals surface area contributed by atoms with E-state index in [-0.39, 0.29) is 49.1 Å². The molecule has 3 aromatic heterocycles.